The number of piperidine rings is 1. The maximum absolute atomic E-state index is 13.1. The Morgan fingerprint density at radius 3 is 2.59 bits per heavy atom. The second-order valence-corrected chi connectivity index (χ2v) is 7.42. The minimum atomic E-state index is -0.587. The van der Waals surface area contributed by atoms with Crippen LogP contribution in [0.15, 0.2) is 53.3 Å². The molecule has 0 spiro atoms. The molecule has 1 aromatic carbocycles. The van der Waals surface area contributed by atoms with Gasteiger partial charge in [0, 0.05) is 50.2 Å². The van der Waals surface area contributed by atoms with E-state index in [1.807, 2.05) is 36.4 Å². The van der Waals surface area contributed by atoms with Crippen molar-refractivity contribution in [2.75, 3.05) is 13.1 Å². The number of nitrogens with one attached hydrogen (secondary N) is 1. The molecule has 0 radical (unpaired) electrons. The van der Waals surface area contributed by atoms with Crippen molar-refractivity contribution >= 4 is 11.8 Å². The average Bonchev–Trinajstić information content (AvgIpc) is 2.68. The third-order valence-electron chi connectivity index (χ3n) is 5.67. The summed E-state index contributed by atoms with van der Waals surface area (Å²) < 4.78 is 1.65. The van der Waals surface area contributed by atoms with Gasteiger partial charge in [0.15, 0.2) is 0 Å². The Kier molecular flexibility index (Phi) is 4.56. The van der Waals surface area contributed by atoms with E-state index in [9.17, 15) is 14.4 Å². The first-order valence-corrected chi connectivity index (χ1v) is 9.33. The average molecular weight is 365 g/mol. The molecule has 2 bridgehead atoms. The van der Waals surface area contributed by atoms with Crippen LogP contribution in [-0.4, -0.2) is 34.4 Å². The highest BCUT2D eigenvalue weighted by atomic mass is 16.2. The highest BCUT2D eigenvalue weighted by Crippen LogP contribution is 2.41. The molecule has 27 heavy (non-hydrogen) atoms. The number of benzene rings is 1. The number of hydrogen-bond donors (Lipinski definition) is 1. The molecule has 1 fully saturated rings. The second-order valence-electron chi connectivity index (χ2n) is 7.42. The number of likely N-dealkylation sites (tertiary alicyclic amines) is 1. The van der Waals surface area contributed by atoms with E-state index in [4.69, 9.17) is 0 Å². The molecule has 2 amide bonds. The van der Waals surface area contributed by atoms with Gasteiger partial charge in [0.25, 0.3) is 5.56 Å². The molecule has 2 aromatic rings. The molecule has 0 unspecified atom stereocenters. The quantitative estimate of drug-likeness (QED) is 0.899. The number of rotatable bonds is 3. The summed E-state index contributed by atoms with van der Waals surface area (Å²) in [6, 6.07) is 14.3. The van der Waals surface area contributed by atoms with Crippen molar-refractivity contribution in [1.29, 1.82) is 0 Å². The lowest BCUT2D eigenvalue weighted by atomic mass is 9.78. The van der Waals surface area contributed by atoms with E-state index < -0.39 is 6.04 Å². The van der Waals surface area contributed by atoms with E-state index in [0.717, 1.165) is 17.7 Å². The Bertz CT molecular complexity index is 922. The molecule has 6 nitrogen and oxygen atoms in total. The van der Waals surface area contributed by atoms with Gasteiger partial charge in [-0.25, -0.2) is 0 Å². The summed E-state index contributed by atoms with van der Waals surface area (Å²) in [5.74, 6) is -0.113. The topological polar surface area (TPSA) is 71.4 Å². The smallest absolute Gasteiger partial charge is 0.251 e. The molecule has 2 aliphatic heterocycles. The SMILES string of the molecule is CC(=O)N1C[C@H]2C[C@@H](C1)[C@H](C(=O)NCc1ccccc1)n1c2cccc1=O. The molecule has 1 N–H and O–H groups in total. The summed E-state index contributed by atoms with van der Waals surface area (Å²) in [5.41, 5.74) is 1.71. The molecule has 0 aliphatic carbocycles. The van der Waals surface area contributed by atoms with Crippen LogP contribution >= 0.6 is 0 Å². The van der Waals surface area contributed by atoms with Gasteiger partial charge in [-0.3, -0.25) is 19.0 Å². The van der Waals surface area contributed by atoms with Crippen LogP contribution in [0.25, 0.3) is 0 Å². The fourth-order valence-corrected chi connectivity index (χ4v) is 4.42. The van der Waals surface area contributed by atoms with Gasteiger partial charge in [-0.05, 0) is 18.1 Å². The van der Waals surface area contributed by atoms with Gasteiger partial charge in [-0.15, -0.1) is 0 Å². The highest BCUT2D eigenvalue weighted by molar-refractivity contribution is 5.81. The molecule has 0 saturated carbocycles. The number of aromatic nitrogens is 1. The number of carbonyl (C=O) groups excluding carboxylic acids is 2. The zero-order valence-electron chi connectivity index (χ0n) is 15.3. The third kappa shape index (κ3) is 3.27. The van der Waals surface area contributed by atoms with E-state index >= 15 is 0 Å². The highest BCUT2D eigenvalue weighted by Gasteiger charge is 2.44. The van der Waals surface area contributed by atoms with Crippen molar-refractivity contribution in [2.24, 2.45) is 5.92 Å². The molecule has 140 valence electrons. The number of amides is 2. The van der Waals surface area contributed by atoms with Crippen LogP contribution in [0, 0.1) is 5.92 Å². The lowest BCUT2D eigenvalue weighted by Crippen LogP contribution is -2.54. The number of nitrogens with zero attached hydrogens (tertiary/aromatic N) is 2. The largest absolute Gasteiger partial charge is 0.350 e. The summed E-state index contributed by atoms with van der Waals surface area (Å²) in [5, 5.41) is 2.98. The Labute approximate surface area is 157 Å². The van der Waals surface area contributed by atoms with Crippen molar-refractivity contribution in [3.8, 4) is 0 Å². The van der Waals surface area contributed by atoms with Crippen LogP contribution < -0.4 is 10.9 Å². The molecule has 2 aliphatic rings. The minimum absolute atomic E-state index is 0.0138. The Balaban J connectivity index is 1.66. The number of hydrogen-bond acceptors (Lipinski definition) is 3. The Morgan fingerprint density at radius 2 is 1.85 bits per heavy atom. The number of pyridine rings is 1. The van der Waals surface area contributed by atoms with Gasteiger partial charge in [-0.2, -0.15) is 0 Å². The minimum Gasteiger partial charge on any atom is -0.350 e. The van der Waals surface area contributed by atoms with Crippen molar-refractivity contribution in [3.05, 3.63) is 70.1 Å². The predicted molar refractivity (Wildman–Crippen MR) is 101 cm³/mol. The fourth-order valence-electron chi connectivity index (χ4n) is 4.42. The monoisotopic (exact) mass is 365 g/mol. The first-order chi connectivity index (χ1) is 13.0. The molecule has 3 heterocycles. The zero-order valence-corrected chi connectivity index (χ0v) is 15.3. The van der Waals surface area contributed by atoms with Crippen LogP contribution in [0.2, 0.25) is 0 Å². The molecule has 1 aromatic heterocycles. The van der Waals surface area contributed by atoms with E-state index in [1.54, 1.807) is 22.5 Å². The van der Waals surface area contributed by atoms with Crippen LogP contribution in [0.1, 0.15) is 36.6 Å². The third-order valence-corrected chi connectivity index (χ3v) is 5.67. The Hall–Kier alpha value is -2.89. The van der Waals surface area contributed by atoms with Crippen molar-refractivity contribution in [3.63, 3.8) is 0 Å². The van der Waals surface area contributed by atoms with Gasteiger partial charge >= 0.3 is 0 Å². The molecule has 4 rings (SSSR count). The van der Waals surface area contributed by atoms with E-state index in [2.05, 4.69) is 5.32 Å². The lowest BCUT2D eigenvalue weighted by Gasteiger charge is -2.46. The lowest BCUT2D eigenvalue weighted by molar-refractivity contribution is -0.135. The summed E-state index contributed by atoms with van der Waals surface area (Å²) >= 11 is 0. The molecular formula is C21H23N3O3. The van der Waals surface area contributed by atoms with Crippen LogP contribution in [-0.2, 0) is 16.1 Å². The van der Waals surface area contributed by atoms with Crippen LogP contribution in [0.5, 0.6) is 0 Å². The van der Waals surface area contributed by atoms with Gasteiger partial charge in [0.2, 0.25) is 11.8 Å². The maximum atomic E-state index is 13.1. The molecule has 3 atom stereocenters. The fraction of sp³-hybridized carbons (Fsp3) is 0.381. The van der Waals surface area contributed by atoms with Gasteiger partial charge in [0.05, 0.1) is 0 Å². The van der Waals surface area contributed by atoms with Crippen LogP contribution in [0.3, 0.4) is 0 Å². The molecular weight excluding hydrogens is 342 g/mol. The summed E-state index contributed by atoms with van der Waals surface area (Å²) in [6.45, 7) is 3.09. The molecule has 1 saturated heterocycles. The summed E-state index contributed by atoms with van der Waals surface area (Å²) in [7, 11) is 0. The van der Waals surface area contributed by atoms with E-state index in [1.165, 1.54) is 6.07 Å². The summed E-state index contributed by atoms with van der Waals surface area (Å²) in [6.07, 6.45) is 0.816. The van der Waals surface area contributed by atoms with E-state index in [-0.39, 0.29) is 29.2 Å². The van der Waals surface area contributed by atoms with Crippen molar-refractivity contribution in [1.82, 2.24) is 14.8 Å². The van der Waals surface area contributed by atoms with Crippen LogP contribution in [0.4, 0.5) is 0 Å². The van der Waals surface area contributed by atoms with Gasteiger partial charge < -0.3 is 10.2 Å². The molecule has 6 heteroatoms. The number of carbonyl (C=O) groups is 2. The van der Waals surface area contributed by atoms with Gasteiger partial charge in [-0.1, -0.05) is 36.4 Å². The summed E-state index contributed by atoms with van der Waals surface area (Å²) in [4.78, 5) is 39.4. The number of fused-ring (bicyclic) bond motifs is 4. The maximum Gasteiger partial charge on any atom is 0.251 e. The standard InChI is InChI=1S/C21H23N3O3/c1-14(25)23-12-16-10-17(13-23)20(24-18(16)8-5-9-19(24)26)21(27)22-11-15-6-3-2-4-7-15/h2-9,16-17,20H,10-13H2,1H3,(H,22,27)/t16-,17+,20-/m1/s1. The van der Waals surface area contributed by atoms with E-state index in [0.29, 0.717) is 19.6 Å². The van der Waals surface area contributed by atoms with Crippen molar-refractivity contribution in [2.45, 2.75) is 31.8 Å². The Morgan fingerprint density at radius 1 is 1.07 bits per heavy atom. The predicted octanol–water partition coefficient (Wildman–Crippen LogP) is 1.67. The van der Waals surface area contributed by atoms with Crippen molar-refractivity contribution < 1.29 is 9.59 Å². The zero-order chi connectivity index (χ0) is 19.0. The van der Waals surface area contributed by atoms with Gasteiger partial charge in [0.1, 0.15) is 6.04 Å². The normalized spacial score (nSPS) is 23.4. The second kappa shape index (κ2) is 7.02. The first kappa shape index (κ1) is 17.5. The first-order valence-electron chi connectivity index (χ1n) is 9.33.